The van der Waals surface area contributed by atoms with Crippen LogP contribution in [-0.4, -0.2) is 54.7 Å². The Kier molecular flexibility index (Phi) is 5.61. The number of aliphatic hydroxyl groups is 2. The van der Waals surface area contributed by atoms with Crippen molar-refractivity contribution in [1.82, 2.24) is 9.71 Å². The highest BCUT2D eigenvalue weighted by Gasteiger charge is 2.45. The Morgan fingerprint density at radius 1 is 1.35 bits per heavy atom. The van der Waals surface area contributed by atoms with E-state index in [4.69, 9.17) is 4.74 Å². The molecule has 1 aromatic heterocycles. The van der Waals surface area contributed by atoms with E-state index in [1.807, 2.05) is 19.1 Å². The summed E-state index contributed by atoms with van der Waals surface area (Å²) in [7, 11) is -3.35. The minimum absolute atomic E-state index is 0.0194. The number of nitrogens with zero attached hydrogens (tertiary/aromatic N) is 1. The van der Waals surface area contributed by atoms with Crippen LogP contribution < -0.4 is 9.46 Å². The third-order valence-corrected chi connectivity index (χ3v) is 5.51. The van der Waals surface area contributed by atoms with Crippen molar-refractivity contribution in [3.63, 3.8) is 0 Å². The molecule has 1 aromatic rings. The number of aromatic nitrogens is 1. The summed E-state index contributed by atoms with van der Waals surface area (Å²) in [6.45, 7) is 3.69. The summed E-state index contributed by atoms with van der Waals surface area (Å²) < 4.78 is 31.6. The Morgan fingerprint density at radius 2 is 2.00 bits per heavy atom. The summed E-state index contributed by atoms with van der Waals surface area (Å²) in [4.78, 5) is 4.24. The lowest BCUT2D eigenvalue weighted by molar-refractivity contribution is 0.0438. The monoisotopic (exact) mass is 344 g/mol. The summed E-state index contributed by atoms with van der Waals surface area (Å²) in [6.07, 6.45) is -1.22. The molecular formula is C15H24N2O5S. The fourth-order valence-electron chi connectivity index (χ4n) is 2.75. The fraction of sp³-hybridized carbons (Fsp3) is 0.667. The Balaban J connectivity index is 2.08. The molecule has 2 unspecified atom stereocenters. The van der Waals surface area contributed by atoms with Gasteiger partial charge in [0.2, 0.25) is 15.9 Å². The molecule has 8 heteroatoms. The van der Waals surface area contributed by atoms with E-state index in [1.54, 1.807) is 13.0 Å². The maximum absolute atomic E-state index is 11.7. The summed E-state index contributed by atoms with van der Waals surface area (Å²) in [5.74, 6) is 0.424. The Hall–Kier alpha value is -1.22. The maximum Gasteiger partial charge on any atom is 0.213 e. The second-order valence-electron chi connectivity index (χ2n) is 6.17. The number of nitrogens with one attached hydrogen (secondary N) is 1. The van der Waals surface area contributed by atoms with Crippen LogP contribution in [0.4, 0.5) is 0 Å². The number of pyridine rings is 1. The molecule has 0 spiro atoms. The molecule has 0 bridgehead atoms. The molecule has 1 aliphatic carbocycles. The lowest BCUT2D eigenvalue weighted by atomic mass is 9.87. The van der Waals surface area contributed by atoms with Crippen molar-refractivity contribution < 1.29 is 23.4 Å². The Labute approximate surface area is 136 Å². The first-order valence-corrected chi connectivity index (χ1v) is 9.30. The van der Waals surface area contributed by atoms with Crippen LogP contribution in [0.15, 0.2) is 18.2 Å². The first kappa shape index (κ1) is 18.1. The second kappa shape index (κ2) is 7.12. The summed E-state index contributed by atoms with van der Waals surface area (Å²) in [5.41, 5.74) is 0.154. The van der Waals surface area contributed by atoms with E-state index in [1.165, 1.54) is 0 Å². The third-order valence-electron chi connectivity index (χ3n) is 4.16. The highest BCUT2D eigenvalue weighted by atomic mass is 32.2. The SMILES string of the molecule is CCS(=O)(=O)NCC1(COc2cccc(C)n2)CC(O)C(O)C1. The molecule has 1 fully saturated rings. The van der Waals surface area contributed by atoms with Gasteiger partial charge in [0.15, 0.2) is 0 Å². The first-order valence-electron chi connectivity index (χ1n) is 7.65. The lowest BCUT2D eigenvalue weighted by Gasteiger charge is -2.28. The number of rotatable bonds is 7. The molecule has 0 aromatic carbocycles. The average molecular weight is 344 g/mol. The number of hydrogen-bond acceptors (Lipinski definition) is 6. The van der Waals surface area contributed by atoms with Gasteiger partial charge in [-0.05, 0) is 32.8 Å². The summed E-state index contributed by atoms with van der Waals surface area (Å²) >= 11 is 0. The van der Waals surface area contributed by atoms with E-state index >= 15 is 0 Å². The molecule has 1 heterocycles. The van der Waals surface area contributed by atoms with E-state index in [0.717, 1.165) is 5.69 Å². The molecule has 2 atom stereocenters. The minimum atomic E-state index is -3.35. The lowest BCUT2D eigenvalue weighted by Crippen LogP contribution is -2.41. The highest BCUT2D eigenvalue weighted by molar-refractivity contribution is 7.89. The molecule has 0 aliphatic heterocycles. The van der Waals surface area contributed by atoms with E-state index in [2.05, 4.69) is 9.71 Å². The van der Waals surface area contributed by atoms with Crippen molar-refractivity contribution in [2.45, 2.75) is 38.9 Å². The van der Waals surface area contributed by atoms with Crippen LogP contribution in [0, 0.1) is 12.3 Å². The Bertz CT molecular complexity index is 625. The first-order chi connectivity index (χ1) is 10.8. The van der Waals surface area contributed by atoms with Gasteiger partial charge < -0.3 is 14.9 Å². The van der Waals surface area contributed by atoms with Crippen LogP contribution in [0.3, 0.4) is 0 Å². The molecule has 0 saturated heterocycles. The summed E-state index contributed by atoms with van der Waals surface area (Å²) in [5, 5.41) is 19.7. The number of aliphatic hydroxyl groups excluding tert-OH is 2. The van der Waals surface area contributed by atoms with Gasteiger partial charge in [-0.2, -0.15) is 0 Å². The van der Waals surface area contributed by atoms with Crippen LogP contribution in [-0.2, 0) is 10.0 Å². The molecule has 0 amide bonds. The van der Waals surface area contributed by atoms with Crippen molar-refractivity contribution in [3.05, 3.63) is 23.9 Å². The van der Waals surface area contributed by atoms with Gasteiger partial charge >= 0.3 is 0 Å². The number of ether oxygens (including phenoxy) is 1. The van der Waals surface area contributed by atoms with Gasteiger partial charge in [0.1, 0.15) is 0 Å². The normalized spacial score (nSPS) is 28.0. The van der Waals surface area contributed by atoms with Gasteiger partial charge in [-0.1, -0.05) is 6.07 Å². The standard InChI is InChI=1S/C15H24N2O5S/c1-3-23(20,21)16-9-15(7-12(18)13(19)8-15)10-22-14-6-4-5-11(2)17-14/h4-6,12-13,16,18-19H,3,7-10H2,1-2H3. The van der Waals surface area contributed by atoms with Crippen LogP contribution in [0.5, 0.6) is 5.88 Å². The van der Waals surface area contributed by atoms with Crippen molar-refractivity contribution in [3.8, 4) is 5.88 Å². The smallest absolute Gasteiger partial charge is 0.213 e. The molecule has 1 saturated carbocycles. The van der Waals surface area contributed by atoms with Crippen molar-refractivity contribution in [2.24, 2.45) is 5.41 Å². The number of aryl methyl sites for hydroxylation is 1. The maximum atomic E-state index is 11.7. The fourth-order valence-corrected chi connectivity index (χ4v) is 3.48. The molecule has 7 nitrogen and oxygen atoms in total. The zero-order chi connectivity index (χ0) is 17.1. The predicted molar refractivity (Wildman–Crippen MR) is 85.6 cm³/mol. The van der Waals surface area contributed by atoms with Crippen LogP contribution in [0.25, 0.3) is 0 Å². The van der Waals surface area contributed by atoms with E-state index in [0.29, 0.717) is 5.88 Å². The van der Waals surface area contributed by atoms with E-state index < -0.39 is 27.6 Å². The van der Waals surface area contributed by atoms with Crippen molar-refractivity contribution >= 4 is 10.0 Å². The van der Waals surface area contributed by atoms with Gasteiger partial charge in [-0.3, -0.25) is 0 Å². The summed E-state index contributed by atoms with van der Waals surface area (Å²) in [6, 6.07) is 5.39. The second-order valence-corrected chi connectivity index (χ2v) is 8.27. The molecular weight excluding hydrogens is 320 g/mol. The zero-order valence-electron chi connectivity index (χ0n) is 13.4. The molecule has 3 N–H and O–H groups in total. The van der Waals surface area contributed by atoms with Crippen LogP contribution in [0.2, 0.25) is 0 Å². The molecule has 2 rings (SSSR count). The van der Waals surface area contributed by atoms with Crippen LogP contribution >= 0.6 is 0 Å². The molecule has 23 heavy (non-hydrogen) atoms. The zero-order valence-corrected chi connectivity index (χ0v) is 14.2. The van der Waals surface area contributed by atoms with Crippen LogP contribution in [0.1, 0.15) is 25.5 Å². The van der Waals surface area contributed by atoms with Gasteiger partial charge in [0.05, 0.1) is 24.6 Å². The van der Waals surface area contributed by atoms with Crippen molar-refractivity contribution in [1.29, 1.82) is 0 Å². The topological polar surface area (TPSA) is 109 Å². The number of sulfonamides is 1. The van der Waals surface area contributed by atoms with Crippen molar-refractivity contribution in [2.75, 3.05) is 18.9 Å². The molecule has 0 radical (unpaired) electrons. The van der Waals surface area contributed by atoms with Gasteiger partial charge in [0.25, 0.3) is 0 Å². The largest absolute Gasteiger partial charge is 0.477 e. The predicted octanol–water partition coefficient (Wildman–Crippen LogP) is 0.210. The highest BCUT2D eigenvalue weighted by Crippen LogP contribution is 2.38. The minimum Gasteiger partial charge on any atom is -0.477 e. The molecule has 130 valence electrons. The average Bonchev–Trinajstić information content (AvgIpc) is 2.79. The quantitative estimate of drug-likeness (QED) is 0.652. The van der Waals surface area contributed by atoms with Gasteiger partial charge in [-0.25, -0.2) is 18.1 Å². The van der Waals surface area contributed by atoms with E-state index in [9.17, 15) is 18.6 Å². The molecule has 1 aliphatic rings. The van der Waals surface area contributed by atoms with Gasteiger partial charge in [-0.15, -0.1) is 0 Å². The van der Waals surface area contributed by atoms with Gasteiger partial charge in [0, 0.05) is 23.7 Å². The third kappa shape index (κ3) is 4.87. The van der Waals surface area contributed by atoms with E-state index in [-0.39, 0.29) is 31.7 Å². The Morgan fingerprint density at radius 3 is 2.57 bits per heavy atom. The number of hydrogen-bond donors (Lipinski definition) is 3.